The molecule has 3 rings (SSSR count). The van der Waals surface area contributed by atoms with E-state index in [1.807, 2.05) is 0 Å². The minimum absolute atomic E-state index is 0.265. The van der Waals surface area contributed by atoms with Crippen LogP contribution in [-0.2, 0) is 4.74 Å². The highest BCUT2D eigenvalue weighted by Crippen LogP contribution is 2.26. The van der Waals surface area contributed by atoms with Crippen LogP contribution in [0.4, 0.5) is 0 Å². The summed E-state index contributed by atoms with van der Waals surface area (Å²) < 4.78 is 10.7. The average molecular weight is 310 g/mol. The zero-order valence-corrected chi connectivity index (χ0v) is 12.4. The van der Waals surface area contributed by atoms with E-state index < -0.39 is 5.97 Å². The second-order valence-electron chi connectivity index (χ2n) is 4.75. The van der Waals surface area contributed by atoms with E-state index >= 15 is 0 Å². The Morgan fingerprint density at radius 3 is 2.70 bits per heavy atom. The third-order valence-corrected chi connectivity index (χ3v) is 3.22. The van der Waals surface area contributed by atoms with Crippen LogP contribution in [0.25, 0.3) is 10.8 Å². The summed E-state index contributed by atoms with van der Waals surface area (Å²) in [5, 5.41) is 7.42. The molecule has 1 aromatic heterocycles. The topological polar surface area (TPSA) is 81.3 Å². The van der Waals surface area contributed by atoms with Crippen LogP contribution in [0.2, 0.25) is 0 Å². The van der Waals surface area contributed by atoms with Gasteiger partial charge in [0.05, 0.1) is 22.9 Å². The van der Waals surface area contributed by atoms with E-state index in [9.17, 15) is 9.59 Å². The Balaban J connectivity index is 1.97. The van der Waals surface area contributed by atoms with E-state index in [0.717, 1.165) is 0 Å². The predicted molar refractivity (Wildman–Crippen MR) is 84.8 cm³/mol. The number of aromatic amines is 1. The predicted octanol–water partition coefficient (Wildman–Crippen LogP) is 2.89. The molecule has 0 atom stereocenters. The Bertz CT molecular complexity index is 918. The summed E-state index contributed by atoms with van der Waals surface area (Å²) in [4.78, 5) is 23.5. The average Bonchev–Trinajstić information content (AvgIpc) is 2.58. The van der Waals surface area contributed by atoms with Crippen LogP contribution < -0.4 is 10.3 Å². The molecule has 0 aliphatic heterocycles. The molecule has 0 radical (unpaired) electrons. The lowest BCUT2D eigenvalue weighted by atomic mass is 10.2. The summed E-state index contributed by atoms with van der Waals surface area (Å²) in [6, 6.07) is 13.6. The molecule has 0 saturated heterocycles. The van der Waals surface area contributed by atoms with Crippen molar-refractivity contribution in [3.8, 4) is 11.6 Å². The lowest BCUT2D eigenvalue weighted by molar-refractivity contribution is 0.0526. The first kappa shape index (κ1) is 14.8. The van der Waals surface area contributed by atoms with Gasteiger partial charge in [-0.15, -0.1) is 5.10 Å². The fourth-order valence-electron chi connectivity index (χ4n) is 2.18. The molecule has 0 aliphatic carbocycles. The van der Waals surface area contributed by atoms with Crippen molar-refractivity contribution in [2.75, 3.05) is 6.61 Å². The van der Waals surface area contributed by atoms with Crippen LogP contribution in [-0.4, -0.2) is 22.8 Å². The van der Waals surface area contributed by atoms with Crippen molar-refractivity contribution >= 4 is 16.7 Å². The largest absolute Gasteiger partial charge is 0.462 e. The van der Waals surface area contributed by atoms with Crippen LogP contribution in [0.15, 0.2) is 53.3 Å². The number of rotatable bonds is 4. The lowest BCUT2D eigenvalue weighted by Gasteiger charge is -2.08. The van der Waals surface area contributed by atoms with E-state index in [1.54, 1.807) is 55.5 Å². The zero-order valence-electron chi connectivity index (χ0n) is 12.4. The first-order valence-corrected chi connectivity index (χ1v) is 7.11. The van der Waals surface area contributed by atoms with Crippen molar-refractivity contribution in [1.82, 2.24) is 10.2 Å². The number of ether oxygens (including phenoxy) is 2. The Morgan fingerprint density at radius 2 is 1.91 bits per heavy atom. The monoisotopic (exact) mass is 310 g/mol. The van der Waals surface area contributed by atoms with Crippen molar-refractivity contribution < 1.29 is 14.3 Å². The molecule has 6 heteroatoms. The number of carbonyl (C=O) groups is 1. The molecule has 0 spiro atoms. The Kier molecular flexibility index (Phi) is 4.05. The van der Waals surface area contributed by atoms with Gasteiger partial charge in [0.15, 0.2) is 0 Å². The second kappa shape index (κ2) is 6.31. The number of hydrogen-bond donors (Lipinski definition) is 1. The number of benzene rings is 2. The number of fused-ring (bicyclic) bond motifs is 1. The summed E-state index contributed by atoms with van der Waals surface area (Å²) >= 11 is 0. The number of aromatic nitrogens is 2. The highest BCUT2D eigenvalue weighted by Gasteiger charge is 2.11. The van der Waals surface area contributed by atoms with Gasteiger partial charge in [0.1, 0.15) is 5.75 Å². The van der Waals surface area contributed by atoms with Gasteiger partial charge in [0.25, 0.3) is 5.56 Å². The van der Waals surface area contributed by atoms with Gasteiger partial charge in [-0.2, -0.15) is 0 Å². The molecule has 1 N–H and O–H groups in total. The van der Waals surface area contributed by atoms with Crippen molar-refractivity contribution in [3.05, 3.63) is 64.4 Å². The third-order valence-electron chi connectivity index (χ3n) is 3.22. The van der Waals surface area contributed by atoms with Gasteiger partial charge in [-0.1, -0.05) is 18.2 Å². The van der Waals surface area contributed by atoms with E-state index in [1.165, 1.54) is 0 Å². The fraction of sp³-hybridized carbons (Fsp3) is 0.118. The number of nitrogens with zero attached hydrogens (tertiary/aromatic N) is 1. The number of esters is 1. The first-order chi connectivity index (χ1) is 11.2. The maximum Gasteiger partial charge on any atom is 0.338 e. The molecule has 6 nitrogen and oxygen atoms in total. The quantitative estimate of drug-likeness (QED) is 0.749. The van der Waals surface area contributed by atoms with E-state index in [4.69, 9.17) is 9.47 Å². The summed E-state index contributed by atoms with van der Waals surface area (Å²) in [5.74, 6) is 0.277. The Morgan fingerprint density at radius 1 is 1.13 bits per heavy atom. The summed E-state index contributed by atoms with van der Waals surface area (Å²) in [6.07, 6.45) is 0. The molecule has 0 saturated carbocycles. The molecule has 116 valence electrons. The standard InChI is InChI=1S/C17H14N2O4/c1-2-22-17(21)11-6-5-7-12(10-11)23-16-14-9-4-3-8-13(14)15(20)18-19-16/h3-10H,2H2,1H3,(H,18,20). The molecule has 0 fully saturated rings. The number of nitrogens with one attached hydrogen (secondary N) is 1. The number of carbonyl (C=O) groups excluding carboxylic acids is 1. The zero-order chi connectivity index (χ0) is 16.2. The highest BCUT2D eigenvalue weighted by atomic mass is 16.5. The van der Waals surface area contributed by atoms with Crippen LogP contribution >= 0.6 is 0 Å². The molecule has 3 aromatic rings. The normalized spacial score (nSPS) is 10.5. The second-order valence-corrected chi connectivity index (χ2v) is 4.75. The van der Waals surface area contributed by atoms with E-state index in [2.05, 4.69) is 10.2 Å². The lowest BCUT2D eigenvalue weighted by Crippen LogP contribution is -2.09. The maximum absolute atomic E-state index is 11.8. The molecule has 23 heavy (non-hydrogen) atoms. The van der Waals surface area contributed by atoms with Crippen molar-refractivity contribution in [2.45, 2.75) is 6.92 Å². The Hall–Kier alpha value is -3.15. The summed E-state index contributed by atoms with van der Waals surface area (Å²) in [5.41, 5.74) is 0.103. The van der Waals surface area contributed by atoms with Gasteiger partial charge >= 0.3 is 5.97 Å². The van der Waals surface area contributed by atoms with Gasteiger partial charge in [0, 0.05) is 0 Å². The molecule has 0 aliphatic rings. The number of H-pyrrole nitrogens is 1. The minimum Gasteiger partial charge on any atom is -0.462 e. The molecule has 0 amide bonds. The molecule has 0 unspecified atom stereocenters. The van der Waals surface area contributed by atoms with E-state index in [-0.39, 0.29) is 11.4 Å². The highest BCUT2D eigenvalue weighted by molar-refractivity contribution is 5.90. The van der Waals surface area contributed by atoms with Crippen LogP contribution in [0, 0.1) is 0 Å². The van der Waals surface area contributed by atoms with Gasteiger partial charge in [-0.25, -0.2) is 9.89 Å². The fourth-order valence-corrected chi connectivity index (χ4v) is 2.18. The van der Waals surface area contributed by atoms with Crippen LogP contribution in [0.1, 0.15) is 17.3 Å². The van der Waals surface area contributed by atoms with Gasteiger partial charge in [0.2, 0.25) is 5.88 Å². The number of hydrogen-bond acceptors (Lipinski definition) is 5. The maximum atomic E-state index is 11.8. The molecular weight excluding hydrogens is 296 g/mol. The molecule has 1 heterocycles. The molecule has 0 bridgehead atoms. The molecular formula is C17H14N2O4. The van der Waals surface area contributed by atoms with E-state index in [0.29, 0.717) is 28.7 Å². The van der Waals surface area contributed by atoms with Gasteiger partial charge in [-0.05, 0) is 37.3 Å². The summed E-state index contributed by atoms with van der Waals surface area (Å²) in [7, 11) is 0. The smallest absolute Gasteiger partial charge is 0.338 e. The molecule has 2 aromatic carbocycles. The SMILES string of the molecule is CCOC(=O)c1cccc(Oc2n[nH]c(=O)c3ccccc23)c1. The first-order valence-electron chi connectivity index (χ1n) is 7.11. The van der Waals surface area contributed by atoms with Crippen LogP contribution in [0.3, 0.4) is 0 Å². The third kappa shape index (κ3) is 3.06. The Labute approximate surface area is 131 Å². The van der Waals surface area contributed by atoms with Crippen molar-refractivity contribution in [3.63, 3.8) is 0 Å². The van der Waals surface area contributed by atoms with Gasteiger partial charge in [-0.3, -0.25) is 4.79 Å². The van der Waals surface area contributed by atoms with Crippen LogP contribution in [0.5, 0.6) is 11.6 Å². The minimum atomic E-state index is -0.419. The van der Waals surface area contributed by atoms with Crippen molar-refractivity contribution in [1.29, 1.82) is 0 Å². The van der Waals surface area contributed by atoms with Crippen molar-refractivity contribution in [2.24, 2.45) is 0 Å². The van der Waals surface area contributed by atoms with Gasteiger partial charge < -0.3 is 9.47 Å². The summed E-state index contributed by atoms with van der Waals surface area (Å²) in [6.45, 7) is 2.05.